The number of aromatic hydroxyl groups is 1. The Morgan fingerprint density at radius 2 is 1.79 bits per heavy atom. The van der Waals surface area contributed by atoms with Crippen LogP contribution in [0.4, 0.5) is 0 Å². The number of phenolic OH excluding ortho intramolecular Hbond substituents is 1. The number of carbonyl (C=O) groups is 2. The highest BCUT2D eigenvalue weighted by atomic mass is 16.4. The molecule has 0 bridgehead atoms. The number of nitrogens with zero attached hydrogens (tertiary/aromatic N) is 2. The molecule has 1 aliphatic heterocycles. The Hall–Kier alpha value is -2.12. The molecule has 1 aliphatic rings. The lowest BCUT2D eigenvalue weighted by Crippen LogP contribution is -2.41. The van der Waals surface area contributed by atoms with Crippen molar-refractivity contribution in [1.82, 2.24) is 9.80 Å². The van der Waals surface area contributed by atoms with Crippen molar-refractivity contribution in [2.24, 2.45) is 5.92 Å². The number of likely N-dealkylation sites (tertiary alicyclic amines) is 1. The van der Waals surface area contributed by atoms with Crippen LogP contribution in [0.25, 0.3) is 0 Å². The lowest BCUT2D eigenvalue weighted by molar-refractivity contribution is -0.140. The highest BCUT2D eigenvalue weighted by Crippen LogP contribution is 2.22. The predicted octanol–water partition coefficient (Wildman–Crippen LogP) is 1.08. The first-order valence-corrected chi connectivity index (χ1v) is 8.09. The van der Waals surface area contributed by atoms with Crippen LogP contribution in [0.15, 0.2) is 24.3 Å². The second kappa shape index (κ2) is 8.65. The number of carboxylic acids is 2. The van der Waals surface area contributed by atoms with Crippen LogP contribution in [0.3, 0.4) is 0 Å². The quantitative estimate of drug-likeness (QED) is 0.653. The second-order valence-corrected chi connectivity index (χ2v) is 6.31. The van der Waals surface area contributed by atoms with Gasteiger partial charge in [-0.2, -0.15) is 0 Å². The highest BCUT2D eigenvalue weighted by Gasteiger charge is 2.23. The average molecular weight is 336 g/mol. The fraction of sp³-hybridized carbons (Fsp3) is 0.529. The number of para-hydroxylation sites is 1. The van der Waals surface area contributed by atoms with Gasteiger partial charge in [0.15, 0.2) is 0 Å². The van der Waals surface area contributed by atoms with E-state index in [1.807, 2.05) is 15.9 Å². The molecule has 0 aromatic heterocycles. The Balaban J connectivity index is 1.91. The van der Waals surface area contributed by atoms with E-state index in [2.05, 4.69) is 0 Å². The van der Waals surface area contributed by atoms with Gasteiger partial charge in [-0.15, -0.1) is 0 Å². The lowest BCUT2D eigenvalue weighted by Gasteiger charge is -2.33. The van der Waals surface area contributed by atoms with Crippen molar-refractivity contribution in [2.45, 2.75) is 19.4 Å². The van der Waals surface area contributed by atoms with Crippen molar-refractivity contribution in [2.75, 3.05) is 32.7 Å². The number of hydrogen-bond donors (Lipinski definition) is 3. The third kappa shape index (κ3) is 5.82. The predicted molar refractivity (Wildman–Crippen MR) is 87.8 cm³/mol. The summed E-state index contributed by atoms with van der Waals surface area (Å²) in [5.74, 6) is -1.21. The van der Waals surface area contributed by atoms with E-state index in [0.29, 0.717) is 37.7 Å². The van der Waals surface area contributed by atoms with Crippen molar-refractivity contribution >= 4 is 11.9 Å². The zero-order valence-corrected chi connectivity index (χ0v) is 13.6. The maximum atomic E-state index is 11.1. The molecule has 7 heteroatoms. The fourth-order valence-corrected chi connectivity index (χ4v) is 3.15. The highest BCUT2D eigenvalue weighted by molar-refractivity contribution is 5.69. The van der Waals surface area contributed by atoms with Crippen molar-refractivity contribution in [1.29, 1.82) is 0 Å². The minimum absolute atomic E-state index is 0.0590. The molecule has 24 heavy (non-hydrogen) atoms. The summed E-state index contributed by atoms with van der Waals surface area (Å²) in [6, 6.07) is 6.94. The molecule has 0 spiro atoms. The molecule has 1 fully saturated rings. The molecule has 1 saturated heterocycles. The van der Waals surface area contributed by atoms with Gasteiger partial charge in [-0.3, -0.25) is 19.4 Å². The Morgan fingerprint density at radius 1 is 1.12 bits per heavy atom. The minimum Gasteiger partial charge on any atom is -0.508 e. The van der Waals surface area contributed by atoms with Crippen molar-refractivity contribution in [3.8, 4) is 5.75 Å². The second-order valence-electron chi connectivity index (χ2n) is 6.31. The lowest BCUT2D eigenvalue weighted by atomic mass is 9.96. The molecule has 2 rings (SSSR count). The maximum Gasteiger partial charge on any atom is 0.317 e. The summed E-state index contributed by atoms with van der Waals surface area (Å²) in [6.07, 6.45) is 1.70. The molecule has 0 unspecified atom stereocenters. The number of hydrogen-bond acceptors (Lipinski definition) is 5. The molecule has 1 aromatic rings. The van der Waals surface area contributed by atoms with Gasteiger partial charge in [0, 0.05) is 18.7 Å². The van der Waals surface area contributed by atoms with Crippen LogP contribution >= 0.6 is 0 Å². The van der Waals surface area contributed by atoms with Crippen molar-refractivity contribution in [3.63, 3.8) is 0 Å². The number of benzene rings is 1. The maximum absolute atomic E-state index is 11.1. The molecule has 0 saturated carbocycles. The molecule has 0 amide bonds. The summed E-state index contributed by atoms with van der Waals surface area (Å²) in [6.45, 7) is 2.42. The number of aliphatic carboxylic acids is 2. The molecular weight excluding hydrogens is 312 g/mol. The molecule has 7 nitrogen and oxygen atoms in total. The van der Waals surface area contributed by atoms with Gasteiger partial charge in [0.2, 0.25) is 0 Å². The summed E-state index contributed by atoms with van der Waals surface area (Å²) >= 11 is 0. The molecule has 0 radical (unpaired) electrons. The van der Waals surface area contributed by atoms with E-state index in [1.54, 1.807) is 18.2 Å². The summed E-state index contributed by atoms with van der Waals surface area (Å²) in [4.78, 5) is 25.6. The number of rotatable bonds is 8. The Bertz CT molecular complexity index is 570. The molecule has 3 N–H and O–H groups in total. The van der Waals surface area contributed by atoms with E-state index in [9.17, 15) is 14.7 Å². The van der Waals surface area contributed by atoms with E-state index in [4.69, 9.17) is 10.2 Å². The summed E-state index contributed by atoms with van der Waals surface area (Å²) in [5.41, 5.74) is 0.710. The normalized spacial score (nSPS) is 16.4. The van der Waals surface area contributed by atoms with Gasteiger partial charge < -0.3 is 15.3 Å². The largest absolute Gasteiger partial charge is 0.508 e. The Labute approximate surface area is 141 Å². The van der Waals surface area contributed by atoms with Gasteiger partial charge >= 0.3 is 11.9 Å². The van der Waals surface area contributed by atoms with Gasteiger partial charge in [0.25, 0.3) is 0 Å². The third-order valence-corrected chi connectivity index (χ3v) is 4.33. The Kier molecular flexibility index (Phi) is 6.57. The molecule has 0 aliphatic carbocycles. The van der Waals surface area contributed by atoms with Gasteiger partial charge in [0.05, 0.1) is 13.1 Å². The first-order valence-electron chi connectivity index (χ1n) is 8.09. The minimum atomic E-state index is -0.895. The zero-order valence-electron chi connectivity index (χ0n) is 13.6. The van der Waals surface area contributed by atoms with E-state index >= 15 is 0 Å². The topological polar surface area (TPSA) is 101 Å². The molecule has 1 aromatic carbocycles. The number of phenols is 1. The van der Waals surface area contributed by atoms with E-state index in [0.717, 1.165) is 12.8 Å². The monoisotopic (exact) mass is 336 g/mol. The Morgan fingerprint density at radius 3 is 2.38 bits per heavy atom. The summed E-state index contributed by atoms with van der Waals surface area (Å²) in [7, 11) is 0. The van der Waals surface area contributed by atoms with Crippen LogP contribution in [-0.2, 0) is 16.1 Å². The zero-order chi connectivity index (χ0) is 17.5. The van der Waals surface area contributed by atoms with Crippen molar-refractivity contribution in [3.05, 3.63) is 29.8 Å². The first-order chi connectivity index (χ1) is 11.4. The average Bonchev–Trinajstić information content (AvgIpc) is 2.50. The van der Waals surface area contributed by atoms with Crippen LogP contribution < -0.4 is 0 Å². The van der Waals surface area contributed by atoms with Gasteiger partial charge in [-0.25, -0.2) is 0 Å². The first kappa shape index (κ1) is 18.2. The molecular formula is C17H24N2O5. The fourth-order valence-electron chi connectivity index (χ4n) is 3.15. The van der Waals surface area contributed by atoms with Crippen LogP contribution in [-0.4, -0.2) is 69.8 Å². The standard InChI is InChI=1S/C17H24N2O5/c20-15-4-2-1-3-14(15)10-19(12-17(23)24)9-13-5-7-18(8-6-13)11-16(21)22/h1-4,13,20H,5-12H2,(H,21,22)(H,23,24). The van der Waals surface area contributed by atoms with Gasteiger partial charge in [-0.05, 0) is 37.9 Å². The molecule has 1 heterocycles. The molecule has 0 atom stereocenters. The third-order valence-electron chi connectivity index (χ3n) is 4.33. The smallest absolute Gasteiger partial charge is 0.317 e. The summed E-state index contributed by atoms with van der Waals surface area (Å²) in [5, 5.41) is 27.8. The van der Waals surface area contributed by atoms with Crippen molar-refractivity contribution < 1.29 is 24.9 Å². The van der Waals surface area contributed by atoms with Crippen LogP contribution in [0.1, 0.15) is 18.4 Å². The van der Waals surface area contributed by atoms with E-state index < -0.39 is 11.9 Å². The van der Waals surface area contributed by atoms with E-state index in [1.165, 1.54) is 0 Å². The summed E-state index contributed by atoms with van der Waals surface area (Å²) < 4.78 is 0. The van der Waals surface area contributed by atoms with E-state index in [-0.39, 0.29) is 18.8 Å². The van der Waals surface area contributed by atoms with Crippen LogP contribution in [0, 0.1) is 5.92 Å². The molecule has 132 valence electrons. The van der Waals surface area contributed by atoms with Crippen LogP contribution in [0.5, 0.6) is 5.75 Å². The number of carboxylic acid groups (broad SMARTS) is 2. The number of piperidine rings is 1. The van der Waals surface area contributed by atoms with Crippen LogP contribution in [0.2, 0.25) is 0 Å². The SMILES string of the molecule is O=C(O)CN1CCC(CN(CC(=O)O)Cc2ccccc2O)CC1. The van der Waals surface area contributed by atoms with Gasteiger partial charge in [-0.1, -0.05) is 18.2 Å². The van der Waals surface area contributed by atoms with Gasteiger partial charge in [0.1, 0.15) is 5.75 Å².